The average Bonchev–Trinajstić information content (AvgIpc) is 3.12. The number of carbonyl (C=O) groups is 2. The van der Waals surface area contributed by atoms with E-state index in [9.17, 15) is 18.0 Å². The molecule has 3 rings (SSSR count). The van der Waals surface area contributed by atoms with Gasteiger partial charge < -0.3 is 10.6 Å². The Bertz CT molecular complexity index is 1320. The molecule has 0 aliphatic heterocycles. The lowest BCUT2D eigenvalue weighted by Crippen LogP contribution is -2.38. The van der Waals surface area contributed by atoms with Crippen LogP contribution in [0.25, 0.3) is 17.0 Å². The highest BCUT2D eigenvalue weighted by atomic mass is 32.2. The Morgan fingerprint density at radius 1 is 1.03 bits per heavy atom. The van der Waals surface area contributed by atoms with Crippen LogP contribution in [0.4, 0.5) is 0 Å². The quantitative estimate of drug-likeness (QED) is 0.521. The third-order valence-corrected chi connectivity index (χ3v) is 6.67. The lowest BCUT2D eigenvalue weighted by Gasteiger charge is -2.13. The Hall–Kier alpha value is -3.43. The Morgan fingerprint density at radius 3 is 2.27 bits per heavy atom. The number of carbonyl (C=O) groups excluding carboxylic acids is 2. The second kappa shape index (κ2) is 9.60. The van der Waals surface area contributed by atoms with E-state index in [-0.39, 0.29) is 11.7 Å². The second-order valence-corrected chi connectivity index (χ2v) is 10.2. The van der Waals surface area contributed by atoms with Gasteiger partial charge in [0.25, 0.3) is 11.8 Å². The van der Waals surface area contributed by atoms with E-state index in [0.717, 1.165) is 13.8 Å². The van der Waals surface area contributed by atoms with Gasteiger partial charge in [0.1, 0.15) is 5.70 Å². The van der Waals surface area contributed by atoms with Gasteiger partial charge in [-0.25, -0.2) is 3.97 Å². The highest BCUT2D eigenvalue weighted by molar-refractivity contribution is 7.87. The molecule has 2 N–H and O–H groups in total. The maximum Gasteiger partial charge on any atom is 0.307 e. The summed E-state index contributed by atoms with van der Waals surface area (Å²) in [6.45, 7) is 5.54. The SMILES string of the molecule is Cc1ccc(C(=O)NC(=Cc2cn(S(=O)(=O)N(C)C)c3ccccc23)C(=O)NC(C)C)cc1. The maximum absolute atomic E-state index is 12.9. The number of hydrogen-bond acceptors (Lipinski definition) is 4. The van der Waals surface area contributed by atoms with Crippen LogP contribution in [0.3, 0.4) is 0 Å². The van der Waals surface area contributed by atoms with Gasteiger partial charge in [-0.05, 0) is 45.0 Å². The Labute approximate surface area is 194 Å². The highest BCUT2D eigenvalue weighted by Crippen LogP contribution is 2.25. The smallest absolute Gasteiger partial charge is 0.307 e. The van der Waals surface area contributed by atoms with Gasteiger partial charge in [0.05, 0.1) is 5.52 Å². The minimum atomic E-state index is -3.79. The maximum atomic E-state index is 12.9. The highest BCUT2D eigenvalue weighted by Gasteiger charge is 2.22. The first-order valence-corrected chi connectivity index (χ1v) is 11.8. The summed E-state index contributed by atoms with van der Waals surface area (Å²) in [6, 6.07) is 13.8. The number of fused-ring (bicyclic) bond motifs is 1. The molecule has 0 spiro atoms. The van der Waals surface area contributed by atoms with Crippen molar-refractivity contribution in [2.24, 2.45) is 0 Å². The topological polar surface area (TPSA) is 101 Å². The molecule has 174 valence electrons. The van der Waals surface area contributed by atoms with Crippen molar-refractivity contribution in [3.05, 3.63) is 77.1 Å². The average molecular weight is 469 g/mol. The van der Waals surface area contributed by atoms with Gasteiger partial charge in [-0.2, -0.15) is 12.7 Å². The van der Waals surface area contributed by atoms with Crippen LogP contribution in [0, 0.1) is 6.92 Å². The van der Waals surface area contributed by atoms with Crippen LogP contribution < -0.4 is 10.6 Å². The van der Waals surface area contributed by atoms with E-state index in [0.29, 0.717) is 22.0 Å². The zero-order valence-corrected chi connectivity index (χ0v) is 20.1. The summed E-state index contributed by atoms with van der Waals surface area (Å²) in [4.78, 5) is 25.7. The Morgan fingerprint density at radius 2 is 1.67 bits per heavy atom. The minimum absolute atomic E-state index is 0.0134. The van der Waals surface area contributed by atoms with E-state index in [4.69, 9.17) is 0 Å². The van der Waals surface area contributed by atoms with Gasteiger partial charge in [0.15, 0.2) is 0 Å². The van der Waals surface area contributed by atoms with Crippen LogP contribution in [-0.2, 0) is 15.0 Å². The van der Waals surface area contributed by atoms with Gasteiger partial charge >= 0.3 is 10.2 Å². The number of amides is 2. The molecule has 0 atom stereocenters. The van der Waals surface area contributed by atoms with Gasteiger partial charge in [0, 0.05) is 42.8 Å². The first-order valence-electron chi connectivity index (χ1n) is 10.4. The molecule has 2 amide bonds. The summed E-state index contributed by atoms with van der Waals surface area (Å²) in [5.74, 6) is -0.914. The third kappa shape index (κ3) is 5.32. The van der Waals surface area contributed by atoms with Crippen molar-refractivity contribution in [1.29, 1.82) is 0 Å². The first-order chi connectivity index (χ1) is 15.5. The van der Waals surface area contributed by atoms with Crippen molar-refractivity contribution in [2.45, 2.75) is 26.8 Å². The monoisotopic (exact) mass is 468 g/mol. The fourth-order valence-electron chi connectivity index (χ4n) is 3.21. The van der Waals surface area contributed by atoms with E-state index in [1.807, 2.05) is 32.9 Å². The van der Waals surface area contributed by atoms with E-state index in [1.165, 1.54) is 26.4 Å². The summed E-state index contributed by atoms with van der Waals surface area (Å²) < 4.78 is 27.9. The molecule has 8 nitrogen and oxygen atoms in total. The van der Waals surface area contributed by atoms with Crippen LogP contribution in [0.15, 0.2) is 60.4 Å². The minimum Gasteiger partial charge on any atom is -0.349 e. The molecular formula is C24H28N4O4S. The molecule has 0 aliphatic carbocycles. The van der Waals surface area contributed by atoms with E-state index in [2.05, 4.69) is 10.6 Å². The lowest BCUT2D eigenvalue weighted by atomic mass is 10.1. The van der Waals surface area contributed by atoms with Crippen LogP contribution >= 0.6 is 0 Å². The molecule has 33 heavy (non-hydrogen) atoms. The summed E-state index contributed by atoms with van der Waals surface area (Å²) in [5.41, 5.74) is 2.37. The molecule has 1 aromatic heterocycles. The number of nitrogens with one attached hydrogen (secondary N) is 2. The molecule has 2 aromatic carbocycles. The molecule has 9 heteroatoms. The van der Waals surface area contributed by atoms with Crippen molar-refractivity contribution in [2.75, 3.05) is 14.1 Å². The van der Waals surface area contributed by atoms with E-state index in [1.54, 1.807) is 36.4 Å². The molecule has 0 saturated heterocycles. The van der Waals surface area contributed by atoms with Crippen LogP contribution in [0.2, 0.25) is 0 Å². The molecule has 0 aliphatic rings. The van der Waals surface area contributed by atoms with Crippen molar-refractivity contribution in [1.82, 2.24) is 18.9 Å². The predicted octanol–water partition coefficient (Wildman–Crippen LogP) is 2.90. The van der Waals surface area contributed by atoms with Crippen molar-refractivity contribution in [3.63, 3.8) is 0 Å². The van der Waals surface area contributed by atoms with Gasteiger partial charge in [-0.1, -0.05) is 35.9 Å². The van der Waals surface area contributed by atoms with E-state index >= 15 is 0 Å². The van der Waals surface area contributed by atoms with Gasteiger partial charge in [0.2, 0.25) is 0 Å². The third-order valence-electron chi connectivity index (χ3n) is 4.95. The summed E-state index contributed by atoms with van der Waals surface area (Å²) in [7, 11) is -0.900. The second-order valence-electron chi connectivity index (χ2n) is 8.19. The van der Waals surface area contributed by atoms with Gasteiger partial charge in [-0.3, -0.25) is 9.59 Å². The Kier molecular flexibility index (Phi) is 7.04. The number of para-hydroxylation sites is 1. The molecule has 0 unspecified atom stereocenters. The van der Waals surface area contributed by atoms with Crippen LogP contribution in [-0.4, -0.2) is 48.6 Å². The molecule has 1 heterocycles. The van der Waals surface area contributed by atoms with Crippen molar-refractivity contribution in [3.8, 4) is 0 Å². The fraction of sp³-hybridized carbons (Fsp3) is 0.250. The zero-order valence-electron chi connectivity index (χ0n) is 19.3. The van der Waals surface area contributed by atoms with Crippen LogP contribution in [0.5, 0.6) is 0 Å². The number of hydrogen-bond donors (Lipinski definition) is 2. The molecular weight excluding hydrogens is 440 g/mol. The van der Waals surface area contributed by atoms with Gasteiger partial charge in [-0.15, -0.1) is 0 Å². The number of aryl methyl sites for hydroxylation is 1. The fourth-order valence-corrected chi connectivity index (χ4v) is 4.22. The first kappa shape index (κ1) is 24.2. The molecule has 0 radical (unpaired) electrons. The predicted molar refractivity (Wildman–Crippen MR) is 130 cm³/mol. The molecule has 0 bridgehead atoms. The largest absolute Gasteiger partial charge is 0.349 e. The van der Waals surface area contributed by atoms with Crippen molar-refractivity contribution < 1.29 is 18.0 Å². The number of nitrogens with zero attached hydrogens (tertiary/aromatic N) is 2. The number of benzene rings is 2. The molecule has 0 saturated carbocycles. The summed E-state index contributed by atoms with van der Waals surface area (Å²) >= 11 is 0. The summed E-state index contributed by atoms with van der Waals surface area (Å²) in [6.07, 6.45) is 2.94. The number of aromatic nitrogens is 1. The van der Waals surface area contributed by atoms with Crippen molar-refractivity contribution >= 4 is 39.0 Å². The molecule has 0 fully saturated rings. The lowest BCUT2D eigenvalue weighted by molar-refractivity contribution is -0.118. The standard InChI is InChI=1S/C24H28N4O4S/c1-16(2)25-24(30)21(26-23(29)18-12-10-17(3)11-13-18)14-19-15-28(33(31,32)27(4)5)22-9-7-6-8-20(19)22/h6-16H,1-5H3,(H,25,30)(H,26,29). The normalized spacial score (nSPS) is 12.4. The van der Waals surface area contributed by atoms with Crippen LogP contribution in [0.1, 0.15) is 35.3 Å². The number of rotatable bonds is 7. The Balaban J connectivity index is 2.11. The molecule has 3 aromatic rings. The summed E-state index contributed by atoms with van der Waals surface area (Å²) in [5, 5.41) is 6.09. The van der Waals surface area contributed by atoms with E-state index < -0.39 is 22.0 Å². The zero-order chi connectivity index (χ0) is 24.3.